The van der Waals surface area contributed by atoms with Crippen LogP contribution < -0.4 is 4.74 Å². The number of rotatable bonds is 5. The van der Waals surface area contributed by atoms with Crippen LogP contribution in [0.4, 0.5) is 0 Å². The van der Waals surface area contributed by atoms with Gasteiger partial charge >= 0.3 is 0 Å². The molecule has 0 saturated carbocycles. The van der Waals surface area contributed by atoms with Crippen LogP contribution in [-0.2, 0) is 6.42 Å². The van der Waals surface area contributed by atoms with Gasteiger partial charge in [-0.2, -0.15) is 0 Å². The topological polar surface area (TPSA) is 26.3 Å². The normalized spacial score (nSPS) is 10.1. The number of carbonyl (C=O) groups is 1. The number of hydrogen-bond donors (Lipinski definition) is 0. The highest BCUT2D eigenvalue weighted by Crippen LogP contribution is 2.24. The Balaban J connectivity index is 3.08. The van der Waals surface area contributed by atoms with Crippen LogP contribution in [0, 0.1) is 6.92 Å². The van der Waals surface area contributed by atoms with E-state index in [4.69, 9.17) is 4.74 Å². The first kappa shape index (κ1) is 11.8. The summed E-state index contributed by atoms with van der Waals surface area (Å²) in [5.41, 5.74) is 1.78. The monoisotopic (exact) mass is 205 g/mol. The van der Waals surface area contributed by atoms with E-state index in [1.165, 1.54) is 0 Å². The molecule has 0 N–H and O–H groups in total. The molecule has 1 aromatic rings. The number of Topliss-reactive ketones (excluding diaryl/α,β-unsaturated/α-hetero) is 1. The Bertz CT molecular complexity index is 342. The highest BCUT2D eigenvalue weighted by atomic mass is 16.5. The van der Waals surface area contributed by atoms with Crippen molar-refractivity contribution in [2.24, 2.45) is 0 Å². The van der Waals surface area contributed by atoms with Crippen molar-refractivity contribution in [1.29, 1.82) is 0 Å². The number of hydrogen-bond acceptors (Lipinski definition) is 2. The quantitative estimate of drug-likeness (QED) is 0.690. The van der Waals surface area contributed by atoms with Crippen LogP contribution in [0.1, 0.15) is 35.7 Å². The van der Waals surface area contributed by atoms with Gasteiger partial charge in [0, 0.05) is 11.1 Å². The van der Waals surface area contributed by atoms with Gasteiger partial charge in [-0.3, -0.25) is 4.79 Å². The average Bonchev–Trinajstić information content (AvgIpc) is 2.25. The van der Waals surface area contributed by atoms with Crippen molar-refractivity contribution >= 4 is 5.78 Å². The average molecular weight is 205 g/mol. The Morgan fingerprint density at radius 3 is 2.73 bits per heavy atom. The molecule has 0 heterocycles. The van der Waals surface area contributed by atoms with Gasteiger partial charge < -0.3 is 4.74 Å². The van der Waals surface area contributed by atoms with E-state index >= 15 is 0 Å². The molecular weight excluding hydrogens is 188 g/mol. The fourth-order valence-electron chi connectivity index (χ4n) is 1.65. The van der Waals surface area contributed by atoms with Crippen LogP contribution >= 0.6 is 0 Å². The summed E-state index contributed by atoms with van der Waals surface area (Å²) in [6.45, 7) is 5.39. The molecule has 0 spiro atoms. The Morgan fingerprint density at radius 1 is 1.47 bits per heavy atom. The zero-order valence-electron chi connectivity index (χ0n) is 9.38. The van der Waals surface area contributed by atoms with Gasteiger partial charge in [0.15, 0.2) is 5.78 Å². The molecule has 0 bridgehead atoms. The fraction of sp³-hybridized carbons (Fsp3) is 0.385. The van der Waals surface area contributed by atoms with Crippen molar-refractivity contribution in [2.75, 3.05) is 7.11 Å². The van der Waals surface area contributed by atoms with E-state index in [0.29, 0.717) is 0 Å². The summed E-state index contributed by atoms with van der Waals surface area (Å²) >= 11 is 0. The molecule has 81 valence electrons. The highest BCUT2D eigenvalue weighted by Gasteiger charge is 2.11. The van der Waals surface area contributed by atoms with Gasteiger partial charge in [-0.15, -0.1) is 0 Å². The molecule has 2 heteroatoms. The highest BCUT2D eigenvalue weighted by molar-refractivity contribution is 5.96. The molecule has 1 radical (unpaired) electrons. The summed E-state index contributed by atoms with van der Waals surface area (Å²) in [6.07, 6.45) is 2.69. The summed E-state index contributed by atoms with van der Waals surface area (Å²) in [5, 5.41) is 0. The van der Waals surface area contributed by atoms with E-state index in [1.807, 2.05) is 18.2 Å². The zero-order chi connectivity index (χ0) is 11.3. The molecule has 0 atom stereocenters. The van der Waals surface area contributed by atoms with Gasteiger partial charge in [-0.25, -0.2) is 0 Å². The summed E-state index contributed by atoms with van der Waals surface area (Å²) in [7, 11) is 1.63. The van der Waals surface area contributed by atoms with E-state index < -0.39 is 0 Å². The fourth-order valence-corrected chi connectivity index (χ4v) is 1.65. The van der Waals surface area contributed by atoms with E-state index in [1.54, 1.807) is 14.0 Å². The van der Waals surface area contributed by atoms with E-state index in [2.05, 4.69) is 6.92 Å². The molecule has 0 aliphatic heterocycles. The van der Waals surface area contributed by atoms with Crippen LogP contribution in [0.5, 0.6) is 5.75 Å². The molecule has 2 nitrogen and oxygen atoms in total. The molecular formula is C13H17O2. The molecule has 0 aliphatic rings. The number of methoxy groups -OCH3 is 1. The smallest absolute Gasteiger partial charge is 0.160 e. The van der Waals surface area contributed by atoms with Crippen LogP contribution in [-0.4, -0.2) is 12.9 Å². The Hall–Kier alpha value is -1.31. The van der Waals surface area contributed by atoms with Crippen LogP contribution in [0.15, 0.2) is 18.2 Å². The second kappa shape index (κ2) is 5.54. The van der Waals surface area contributed by atoms with Gasteiger partial charge in [-0.1, -0.05) is 25.5 Å². The summed E-state index contributed by atoms with van der Waals surface area (Å²) in [6, 6.07) is 5.59. The number of benzene rings is 1. The second-order valence-electron chi connectivity index (χ2n) is 3.50. The van der Waals surface area contributed by atoms with Gasteiger partial charge in [0.1, 0.15) is 5.75 Å². The summed E-state index contributed by atoms with van der Waals surface area (Å²) in [5.74, 6) is 0.893. The molecule has 0 amide bonds. The minimum absolute atomic E-state index is 0.0907. The molecule has 1 aromatic carbocycles. The van der Waals surface area contributed by atoms with Crippen molar-refractivity contribution in [1.82, 2.24) is 0 Å². The van der Waals surface area contributed by atoms with E-state index in [-0.39, 0.29) is 5.78 Å². The molecule has 0 saturated heterocycles. The van der Waals surface area contributed by atoms with Gasteiger partial charge in [0.05, 0.1) is 7.11 Å². The maximum Gasteiger partial charge on any atom is 0.160 e. The molecule has 1 rings (SSSR count). The molecule has 0 aliphatic carbocycles. The van der Waals surface area contributed by atoms with Crippen LogP contribution in [0.2, 0.25) is 0 Å². The molecule has 0 aromatic heterocycles. The lowest BCUT2D eigenvalue weighted by atomic mass is 9.98. The van der Waals surface area contributed by atoms with Crippen molar-refractivity contribution in [3.63, 3.8) is 0 Å². The summed E-state index contributed by atoms with van der Waals surface area (Å²) in [4.78, 5) is 11.4. The van der Waals surface area contributed by atoms with Crippen molar-refractivity contribution in [2.45, 2.75) is 26.2 Å². The standard InChI is InChI=1S/C13H17O2/c1-4-5-7-12-11(10(2)14)8-6-9-13(12)15-3/h6,8-9H,1,4-5,7H2,2-3H3. The molecule has 0 unspecified atom stereocenters. The minimum atomic E-state index is 0.0907. The first-order valence-electron chi connectivity index (χ1n) is 5.16. The largest absolute Gasteiger partial charge is 0.496 e. The maximum atomic E-state index is 11.4. The van der Waals surface area contributed by atoms with Crippen LogP contribution in [0.25, 0.3) is 0 Å². The first-order valence-corrected chi connectivity index (χ1v) is 5.16. The Kier molecular flexibility index (Phi) is 4.35. The predicted octanol–water partition coefficient (Wildman–Crippen LogP) is 3.05. The number of ketones is 1. The molecule has 0 fully saturated rings. The van der Waals surface area contributed by atoms with Gasteiger partial charge in [-0.05, 0) is 25.8 Å². The lowest BCUT2D eigenvalue weighted by Crippen LogP contribution is -2.02. The maximum absolute atomic E-state index is 11.4. The third-order valence-electron chi connectivity index (χ3n) is 2.41. The summed E-state index contributed by atoms with van der Waals surface area (Å²) < 4.78 is 5.26. The Morgan fingerprint density at radius 2 is 2.20 bits per heavy atom. The van der Waals surface area contributed by atoms with E-state index in [9.17, 15) is 4.79 Å². The lowest BCUT2D eigenvalue weighted by Gasteiger charge is -2.11. The van der Waals surface area contributed by atoms with Crippen molar-refractivity contribution < 1.29 is 9.53 Å². The third kappa shape index (κ3) is 2.82. The lowest BCUT2D eigenvalue weighted by molar-refractivity contribution is 0.101. The number of ether oxygens (including phenoxy) is 1. The first-order chi connectivity index (χ1) is 7.20. The Labute approximate surface area is 91.3 Å². The van der Waals surface area contributed by atoms with Crippen molar-refractivity contribution in [3.8, 4) is 5.75 Å². The van der Waals surface area contributed by atoms with Crippen LogP contribution in [0.3, 0.4) is 0 Å². The predicted molar refractivity (Wildman–Crippen MR) is 61.3 cm³/mol. The minimum Gasteiger partial charge on any atom is -0.496 e. The second-order valence-corrected chi connectivity index (χ2v) is 3.50. The van der Waals surface area contributed by atoms with Gasteiger partial charge in [0.2, 0.25) is 0 Å². The zero-order valence-corrected chi connectivity index (χ0v) is 9.38. The van der Waals surface area contributed by atoms with Gasteiger partial charge in [0.25, 0.3) is 0 Å². The SMILES string of the molecule is [CH2]CCCc1c(OC)cccc1C(C)=O. The third-order valence-corrected chi connectivity index (χ3v) is 2.41. The van der Waals surface area contributed by atoms with Crippen molar-refractivity contribution in [3.05, 3.63) is 36.2 Å². The molecule has 15 heavy (non-hydrogen) atoms. The number of unbranched alkanes of at least 4 members (excludes halogenated alkanes) is 1. The number of carbonyl (C=O) groups excluding carboxylic acids is 1. The van der Waals surface area contributed by atoms with E-state index in [0.717, 1.165) is 36.1 Å².